The molecule has 0 saturated carbocycles. The minimum absolute atomic E-state index is 0.0608. The Bertz CT molecular complexity index is 482. The lowest BCUT2D eigenvalue weighted by molar-refractivity contribution is 0.0667. The SMILES string of the molecule is C=CCNC(=O)N1CCC(C(O)c2ccc(Cl)cc2)CC1. The topological polar surface area (TPSA) is 52.6 Å². The second-order valence-electron chi connectivity index (χ2n) is 5.30. The summed E-state index contributed by atoms with van der Waals surface area (Å²) in [6.07, 6.45) is 2.76. The Morgan fingerprint density at radius 1 is 1.43 bits per heavy atom. The van der Waals surface area contributed by atoms with Crippen LogP contribution in [0.25, 0.3) is 0 Å². The van der Waals surface area contributed by atoms with Crippen LogP contribution < -0.4 is 5.32 Å². The third-order valence-electron chi connectivity index (χ3n) is 3.88. The van der Waals surface area contributed by atoms with E-state index >= 15 is 0 Å². The number of urea groups is 1. The van der Waals surface area contributed by atoms with Crippen LogP contribution in [0.5, 0.6) is 0 Å². The highest BCUT2D eigenvalue weighted by Gasteiger charge is 2.28. The van der Waals surface area contributed by atoms with Gasteiger partial charge in [0.15, 0.2) is 0 Å². The van der Waals surface area contributed by atoms with Crippen LogP contribution in [0, 0.1) is 5.92 Å². The van der Waals surface area contributed by atoms with Gasteiger partial charge < -0.3 is 15.3 Å². The van der Waals surface area contributed by atoms with Crippen molar-refractivity contribution in [3.8, 4) is 0 Å². The zero-order valence-corrected chi connectivity index (χ0v) is 12.7. The van der Waals surface area contributed by atoms with E-state index in [0.717, 1.165) is 18.4 Å². The molecule has 5 heteroatoms. The highest BCUT2D eigenvalue weighted by Crippen LogP contribution is 2.31. The largest absolute Gasteiger partial charge is 0.388 e. The molecule has 1 heterocycles. The summed E-state index contributed by atoms with van der Waals surface area (Å²) in [6.45, 7) is 5.39. The van der Waals surface area contributed by atoms with Gasteiger partial charge in [-0.2, -0.15) is 0 Å². The maximum atomic E-state index is 11.8. The van der Waals surface area contributed by atoms with Gasteiger partial charge in [-0.15, -0.1) is 6.58 Å². The molecular weight excluding hydrogens is 288 g/mol. The normalized spacial score (nSPS) is 17.3. The van der Waals surface area contributed by atoms with Gasteiger partial charge in [-0.05, 0) is 36.5 Å². The van der Waals surface area contributed by atoms with Crippen LogP contribution in [0.2, 0.25) is 5.02 Å². The van der Waals surface area contributed by atoms with Gasteiger partial charge in [-0.3, -0.25) is 0 Å². The second-order valence-corrected chi connectivity index (χ2v) is 5.73. The van der Waals surface area contributed by atoms with Crippen LogP contribution in [0.15, 0.2) is 36.9 Å². The number of rotatable bonds is 4. The molecule has 1 fully saturated rings. The number of carbonyl (C=O) groups excluding carboxylic acids is 1. The van der Waals surface area contributed by atoms with E-state index in [0.29, 0.717) is 24.7 Å². The lowest BCUT2D eigenvalue weighted by Gasteiger charge is -2.34. The number of halogens is 1. The minimum atomic E-state index is -0.499. The summed E-state index contributed by atoms with van der Waals surface area (Å²) >= 11 is 5.86. The van der Waals surface area contributed by atoms with E-state index in [2.05, 4.69) is 11.9 Å². The molecule has 1 aromatic rings. The van der Waals surface area contributed by atoms with Gasteiger partial charge in [0.2, 0.25) is 0 Å². The molecule has 0 aliphatic carbocycles. The Balaban J connectivity index is 1.87. The molecule has 114 valence electrons. The van der Waals surface area contributed by atoms with Crippen LogP contribution in [0.3, 0.4) is 0 Å². The molecule has 2 rings (SSSR count). The first-order valence-corrected chi connectivity index (χ1v) is 7.57. The van der Waals surface area contributed by atoms with E-state index in [1.165, 1.54) is 0 Å². The first-order chi connectivity index (χ1) is 10.1. The van der Waals surface area contributed by atoms with E-state index in [1.807, 2.05) is 12.1 Å². The number of benzene rings is 1. The number of hydrogen-bond acceptors (Lipinski definition) is 2. The number of nitrogens with one attached hydrogen (secondary N) is 1. The molecule has 4 nitrogen and oxygen atoms in total. The van der Waals surface area contributed by atoms with Crippen LogP contribution in [-0.4, -0.2) is 35.7 Å². The Kier molecular flexibility index (Phi) is 5.65. The molecule has 0 bridgehead atoms. The zero-order chi connectivity index (χ0) is 15.2. The van der Waals surface area contributed by atoms with E-state index < -0.39 is 6.10 Å². The van der Waals surface area contributed by atoms with Crippen LogP contribution >= 0.6 is 11.6 Å². The summed E-state index contributed by atoms with van der Waals surface area (Å²) in [7, 11) is 0. The standard InChI is InChI=1S/C16H21ClN2O2/c1-2-9-18-16(21)19-10-7-13(8-11-19)15(20)12-3-5-14(17)6-4-12/h2-6,13,15,20H,1,7-11H2,(H,18,21). The number of amides is 2. The van der Waals surface area contributed by atoms with Gasteiger partial charge in [0.25, 0.3) is 0 Å². The number of nitrogens with zero attached hydrogens (tertiary/aromatic N) is 1. The number of aliphatic hydroxyl groups is 1. The van der Waals surface area contributed by atoms with Crippen LogP contribution in [0.1, 0.15) is 24.5 Å². The average molecular weight is 309 g/mol. The molecule has 1 aliphatic heterocycles. The molecule has 1 aliphatic rings. The summed E-state index contributed by atoms with van der Waals surface area (Å²) in [4.78, 5) is 13.6. The molecule has 0 aromatic heterocycles. The second kappa shape index (κ2) is 7.48. The maximum absolute atomic E-state index is 11.8. The van der Waals surface area contributed by atoms with Crippen LogP contribution in [0.4, 0.5) is 4.79 Å². The number of hydrogen-bond donors (Lipinski definition) is 2. The number of piperidine rings is 1. The van der Waals surface area contributed by atoms with Crippen molar-refractivity contribution in [1.29, 1.82) is 0 Å². The van der Waals surface area contributed by atoms with Crippen LogP contribution in [-0.2, 0) is 0 Å². The zero-order valence-electron chi connectivity index (χ0n) is 12.0. The average Bonchev–Trinajstić information content (AvgIpc) is 2.53. The summed E-state index contributed by atoms with van der Waals surface area (Å²) < 4.78 is 0. The summed E-state index contributed by atoms with van der Waals surface area (Å²) in [5, 5.41) is 13.9. The van der Waals surface area contributed by atoms with Crippen molar-refractivity contribution in [2.45, 2.75) is 18.9 Å². The van der Waals surface area contributed by atoms with Gasteiger partial charge in [-0.25, -0.2) is 4.79 Å². The predicted octanol–water partition coefficient (Wildman–Crippen LogP) is 2.98. The smallest absolute Gasteiger partial charge is 0.317 e. The molecule has 0 spiro atoms. The Morgan fingerprint density at radius 2 is 2.05 bits per heavy atom. The Morgan fingerprint density at radius 3 is 2.62 bits per heavy atom. The lowest BCUT2D eigenvalue weighted by Crippen LogP contribution is -2.45. The van der Waals surface area contributed by atoms with Crippen molar-refractivity contribution in [3.63, 3.8) is 0 Å². The fraction of sp³-hybridized carbons (Fsp3) is 0.438. The Labute approximate surface area is 130 Å². The van der Waals surface area contributed by atoms with Crippen molar-refractivity contribution < 1.29 is 9.90 Å². The van der Waals surface area contributed by atoms with Gasteiger partial charge >= 0.3 is 6.03 Å². The molecule has 1 unspecified atom stereocenters. The van der Waals surface area contributed by atoms with E-state index in [4.69, 9.17) is 11.6 Å². The maximum Gasteiger partial charge on any atom is 0.317 e. The van der Waals surface area contributed by atoms with Crippen molar-refractivity contribution in [1.82, 2.24) is 10.2 Å². The van der Waals surface area contributed by atoms with Gasteiger partial charge in [0.1, 0.15) is 0 Å². The highest BCUT2D eigenvalue weighted by atomic mass is 35.5. The third-order valence-corrected chi connectivity index (χ3v) is 4.13. The summed E-state index contributed by atoms with van der Waals surface area (Å²) in [6, 6.07) is 7.23. The molecule has 1 aromatic carbocycles. The quantitative estimate of drug-likeness (QED) is 0.840. The monoisotopic (exact) mass is 308 g/mol. The van der Waals surface area contributed by atoms with Gasteiger partial charge in [0, 0.05) is 24.7 Å². The molecular formula is C16H21ClN2O2. The van der Waals surface area contributed by atoms with E-state index in [9.17, 15) is 9.90 Å². The minimum Gasteiger partial charge on any atom is -0.388 e. The van der Waals surface area contributed by atoms with E-state index in [1.54, 1.807) is 23.1 Å². The number of carbonyl (C=O) groups is 1. The van der Waals surface area contributed by atoms with Crippen molar-refractivity contribution in [2.75, 3.05) is 19.6 Å². The molecule has 2 amide bonds. The fourth-order valence-electron chi connectivity index (χ4n) is 2.62. The highest BCUT2D eigenvalue weighted by molar-refractivity contribution is 6.30. The molecule has 2 N–H and O–H groups in total. The Hall–Kier alpha value is -1.52. The molecule has 0 radical (unpaired) electrons. The number of aliphatic hydroxyl groups excluding tert-OH is 1. The predicted molar refractivity (Wildman–Crippen MR) is 84.3 cm³/mol. The summed E-state index contributed by atoms with van der Waals surface area (Å²) in [5.74, 6) is 0.176. The van der Waals surface area contributed by atoms with Crippen molar-refractivity contribution in [2.24, 2.45) is 5.92 Å². The molecule has 1 saturated heterocycles. The summed E-state index contributed by atoms with van der Waals surface area (Å²) in [5.41, 5.74) is 0.883. The molecule has 21 heavy (non-hydrogen) atoms. The first-order valence-electron chi connectivity index (χ1n) is 7.19. The third kappa shape index (κ3) is 4.22. The van der Waals surface area contributed by atoms with Gasteiger partial charge in [0.05, 0.1) is 6.10 Å². The fourth-order valence-corrected chi connectivity index (χ4v) is 2.75. The number of likely N-dealkylation sites (tertiary alicyclic amines) is 1. The van der Waals surface area contributed by atoms with E-state index in [-0.39, 0.29) is 11.9 Å². The van der Waals surface area contributed by atoms with Crippen molar-refractivity contribution >= 4 is 17.6 Å². The first kappa shape index (κ1) is 15.9. The lowest BCUT2D eigenvalue weighted by atomic mass is 9.87. The molecule has 1 atom stereocenters. The van der Waals surface area contributed by atoms with Gasteiger partial charge in [-0.1, -0.05) is 29.8 Å². The van der Waals surface area contributed by atoms with Crippen molar-refractivity contribution in [3.05, 3.63) is 47.5 Å².